The first-order chi connectivity index (χ1) is 8.78. The van der Waals surface area contributed by atoms with Crippen LogP contribution >= 0.6 is 11.3 Å². The summed E-state index contributed by atoms with van der Waals surface area (Å²) >= 11 is 1.58. The van der Waals surface area contributed by atoms with Gasteiger partial charge < -0.3 is 4.74 Å². The summed E-state index contributed by atoms with van der Waals surface area (Å²) < 4.78 is 5.64. The van der Waals surface area contributed by atoms with Crippen molar-refractivity contribution in [2.45, 2.75) is 19.8 Å². The summed E-state index contributed by atoms with van der Waals surface area (Å²) in [5.41, 5.74) is 1.23. The Labute approximate surface area is 111 Å². The highest BCUT2D eigenvalue weighted by Gasteiger charge is 2.02. The van der Waals surface area contributed by atoms with Crippen LogP contribution in [0.2, 0.25) is 0 Å². The number of hydrogen-bond acceptors (Lipinski definition) is 4. The van der Waals surface area contributed by atoms with E-state index in [1.54, 1.807) is 17.5 Å². The van der Waals surface area contributed by atoms with E-state index >= 15 is 0 Å². The van der Waals surface area contributed by atoms with Crippen molar-refractivity contribution in [3.05, 3.63) is 45.9 Å². The van der Waals surface area contributed by atoms with E-state index < -0.39 is 0 Å². The molecule has 92 valence electrons. The first-order valence-electron chi connectivity index (χ1n) is 5.78. The first-order valence-corrected chi connectivity index (χ1v) is 6.59. The van der Waals surface area contributed by atoms with Crippen LogP contribution in [0.15, 0.2) is 30.5 Å². The van der Waals surface area contributed by atoms with E-state index in [0.717, 1.165) is 22.1 Å². The zero-order valence-electron chi connectivity index (χ0n) is 10.2. The van der Waals surface area contributed by atoms with Gasteiger partial charge in [0.05, 0.1) is 24.1 Å². The van der Waals surface area contributed by atoms with Crippen molar-refractivity contribution < 1.29 is 4.74 Å². The van der Waals surface area contributed by atoms with Gasteiger partial charge in [-0.1, -0.05) is 17.7 Å². The van der Waals surface area contributed by atoms with Crippen molar-refractivity contribution >= 4 is 11.3 Å². The molecule has 2 aromatic rings. The highest BCUT2D eigenvalue weighted by Crippen LogP contribution is 2.15. The van der Waals surface area contributed by atoms with Crippen molar-refractivity contribution in [2.75, 3.05) is 6.61 Å². The predicted octanol–water partition coefficient (Wildman–Crippen LogP) is 3.14. The summed E-state index contributed by atoms with van der Waals surface area (Å²) in [7, 11) is 0. The monoisotopic (exact) mass is 258 g/mol. The molecule has 2 rings (SSSR count). The van der Waals surface area contributed by atoms with Crippen molar-refractivity contribution in [2.24, 2.45) is 0 Å². The van der Waals surface area contributed by atoms with Gasteiger partial charge in [0.15, 0.2) is 0 Å². The van der Waals surface area contributed by atoms with Gasteiger partial charge in [0.1, 0.15) is 5.75 Å². The molecule has 0 amide bonds. The summed E-state index contributed by atoms with van der Waals surface area (Å²) in [6, 6.07) is 10.1. The second kappa shape index (κ2) is 6.18. The van der Waals surface area contributed by atoms with Crippen LogP contribution in [-0.2, 0) is 12.8 Å². The molecule has 18 heavy (non-hydrogen) atoms. The van der Waals surface area contributed by atoms with Crippen molar-refractivity contribution in [1.82, 2.24) is 4.98 Å². The Morgan fingerprint density at radius 3 is 2.83 bits per heavy atom. The van der Waals surface area contributed by atoms with Gasteiger partial charge in [-0.05, 0) is 19.1 Å². The second-order valence-electron chi connectivity index (χ2n) is 3.97. The molecule has 0 aliphatic rings. The van der Waals surface area contributed by atoms with Crippen LogP contribution in [0.3, 0.4) is 0 Å². The fraction of sp³-hybridized carbons (Fsp3) is 0.286. The number of aryl methyl sites for hydroxylation is 1. The number of hydrogen-bond donors (Lipinski definition) is 0. The van der Waals surface area contributed by atoms with Gasteiger partial charge in [-0.3, -0.25) is 0 Å². The number of nitriles is 1. The topological polar surface area (TPSA) is 45.9 Å². The van der Waals surface area contributed by atoms with Crippen LogP contribution in [0.5, 0.6) is 5.75 Å². The maximum atomic E-state index is 8.58. The molecule has 0 bridgehead atoms. The van der Waals surface area contributed by atoms with E-state index in [9.17, 15) is 0 Å². The minimum atomic E-state index is 0.441. The predicted molar refractivity (Wildman–Crippen MR) is 71.8 cm³/mol. The van der Waals surface area contributed by atoms with Crippen molar-refractivity contribution in [3.8, 4) is 11.8 Å². The summed E-state index contributed by atoms with van der Waals surface area (Å²) in [6.07, 6.45) is 3.00. The van der Waals surface area contributed by atoms with Crippen molar-refractivity contribution in [3.63, 3.8) is 0 Å². The van der Waals surface area contributed by atoms with E-state index in [1.165, 1.54) is 5.56 Å². The third-order valence-corrected chi connectivity index (χ3v) is 3.52. The number of rotatable bonds is 5. The third kappa shape index (κ3) is 3.57. The fourth-order valence-electron chi connectivity index (χ4n) is 1.51. The number of nitrogens with zero attached hydrogens (tertiary/aromatic N) is 2. The van der Waals surface area contributed by atoms with Gasteiger partial charge in [0.25, 0.3) is 0 Å². The largest absolute Gasteiger partial charge is 0.493 e. The van der Waals surface area contributed by atoms with Gasteiger partial charge in [-0.15, -0.1) is 11.3 Å². The Bertz CT molecular complexity index is 540. The Morgan fingerprint density at radius 2 is 2.11 bits per heavy atom. The standard InChI is InChI=1S/C14H14N2OS/c1-11-2-4-12(5-3-11)17-9-7-14-16-10-13(18-14)6-8-15/h2-5,10H,6-7,9H2,1H3. The molecule has 3 nitrogen and oxygen atoms in total. The molecular weight excluding hydrogens is 244 g/mol. The molecule has 1 heterocycles. The highest BCUT2D eigenvalue weighted by atomic mass is 32.1. The molecule has 0 fully saturated rings. The van der Waals surface area contributed by atoms with Crippen LogP contribution in [0.25, 0.3) is 0 Å². The van der Waals surface area contributed by atoms with Crippen LogP contribution in [0, 0.1) is 18.3 Å². The Hall–Kier alpha value is -1.86. The van der Waals surface area contributed by atoms with E-state index in [2.05, 4.69) is 18.0 Å². The van der Waals surface area contributed by atoms with Crippen LogP contribution in [-0.4, -0.2) is 11.6 Å². The molecule has 0 aliphatic carbocycles. The summed E-state index contributed by atoms with van der Waals surface area (Å²) in [6.45, 7) is 2.67. The lowest BCUT2D eigenvalue weighted by Crippen LogP contribution is -2.00. The number of benzene rings is 1. The maximum absolute atomic E-state index is 8.58. The van der Waals surface area contributed by atoms with E-state index in [4.69, 9.17) is 10.00 Å². The lowest BCUT2D eigenvalue weighted by Gasteiger charge is -2.04. The molecule has 4 heteroatoms. The molecule has 0 saturated heterocycles. The first kappa shape index (κ1) is 12.6. The molecule has 0 radical (unpaired) electrons. The SMILES string of the molecule is Cc1ccc(OCCc2ncc(CC#N)s2)cc1. The molecule has 0 spiro atoms. The Balaban J connectivity index is 1.81. The highest BCUT2D eigenvalue weighted by molar-refractivity contribution is 7.11. The second-order valence-corrected chi connectivity index (χ2v) is 5.17. The summed E-state index contributed by atoms with van der Waals surface area (Å²) in [4.78, 5) is 5.28. The van der Waals surface area contributed by atoms with E-state index in [1.807, 2.05) is 24.3 Å². The molecular formula is C14H14N2OS. The third-order valence-electron chi connectivity index (χ3n) is 2.46. The number of ether oxygens (including phenoxy) is 1. The average Bonchev–Trinajstić information content (AvgIpc) is 2.80. The normalized spacial score (nSPS) is 10.0. The molecule has 0 N–H and O–H groups in total. The van der Waals surface area contributed by atoms with Gasteiger partial charge in [-0.2, -0.15) is 5.26 Å². The van der Waals surface area contributed by atoms with Gasteiger partial charge in [-0.25, -0.2) is 4.98 Å². The lowest BCUT2D eigenvalue weighted by molar-refractivity contribution is 0.321. The van der Waals surface area contributed by atoms with E-state index in [-0.39, 0.29) is 0 Å². The molecule has 0 unspecified atom stereocenters. The molecule has 1 aromatic carbocycles. The van der Waals surface area contributed by atoms with Crippen LogP contribution in [0.4, 0.5) is 0 Å². The summed E-state index contributed by atoms with van der Waals surface area (Å²) in [5.74, 6) is 0.884. The fourth-order valence-corrected chi connectivity index (χ4v) is 2.35. The molecule has 1 aromatic heterocycles. The molecule has 0 atom stereocenters. The average molecular weight is 258 g/mol. The zero-order valence-corrected chi connectivity index (χ0v) is 11.0. The zero-order chi connectivity index (χ0) is 12.8. The van der Waals surface area contributed by atoms with E-state index in [0.29, 0.717) is 13.0 Å². The number of thiazole rings is 1. The van der Waals surface area contributed by atoms with Gasteiger partial charge >= 0.3 is 0 Å². The Kier molecular flexibility index (Phi) is 4.32. The van der Waals surface area contributed by atoms with Crippen LogP contribution < -0.4 is 4.74 Å². The minimum Gasteiger partial charge on any atom is -0.493 e. The van der Waals surface area contributed by atoms with Gasteiger partial charge in [0.2, 0.25) is 0 Å². The summed E-state index contributed by atoms with van der Waals surface area (Å²) in [5, 5.41) is 9.60. The minimum absolute atomic E-state index is 0.441. The molecule has 0 saturated carbocycles. The Morgan fingerprint density at radius 1 is 1.33 bits per heavy atom. The number of aromatic nitrogens is 1. The molecule has 0 aliphatic heterocycles. The van der Waals surface area contributed by atoms with Gasteiger partial charge in [0, 0.05) is 17.5 Å². The lowest BCUT2D eigenvalue weighted by atomic mass is 10.2. The van der Waals surface area contributed by atoms with Crippen LogP contribution in [0.1, 0.15) is 15.4 Å². The van der Waals surface area contributed by atoms with Crippen molar-refractivity contribution in [1.29, 1.82) is 5.26 Å². The maximum Gasteiger partial charge on any atom is 0.119 e. The smallest absolute Gasteiger partial charge is 0.119 e. The quantitative estimate of drug-likeness (QED) is 0.827.